The van der Waals surface area contributed by atoms with E-state index in [1.807, 2.05) is 37.3 Å². The van der Waals surface area contributed by atoms with Crippen molar-refractivity contribution in [2.75, 3.05) is 0 Å². The van der Waals surface area contributed by atoms with E-state index < -0.39 is 6.04 Å². The van der Waals surface area contributed by atoms with Gasteiger partial charge in [-0.3, -0.25) is 4.79 Å². The number of carbonyl (C=O) groups is 1. The van der Waals surface area contributed by atoms with Gasteiger partial charge in [0.25, 0.3) is 0 Å². The SMILES string of the molecule is Cc1ccc(C[C@@H](C)NC(=O)[C@H](N)Cc2ccccc2)c(C)c1. The highest BCUT2D eigenvalue weighted by Gasteiger charge is 2.16. The van der Waals surface area contributed by atoms with Crippen molar-refractivity contribution in [3.63, 3.8) is 0 Å². The van der Waals surface area contributed by atoms with Gasteiger partial charge < -0.3 is 11.1 Å². The average Bonchev–Trinajstić information content (AvgIpc) is 2.51. The van der Waals surface area contributed by atoms with Crippen molar-refractivity contribution in [2.24, 2.45) is 5.73 Å². The van der Waals surface area contributed by atoms with E-state index in [4.69, 9.17) is 5.73 Å². The summed E-state index contributed by atoms with van der Waals surface area (Å²) in [6, 6.07) is 15.8. The van der Waals surface area contributed by atoms with Gasteiger partial charge >= 0.3 is 0 Å². The average molecular weight is 310 g/mol. The second-order valence-corrected chi connectivity index (χ2v) is 6.34. The van der Waals surface area contributed by atoms with Crippen molar-refractivity contribution in [3.8, 4) is 0 Å². The summed E-state index contributed by atoms with van der Waals surface area (Å²) in [6.45, 7) is 6.22. The first kappa shape index (κ1) is 17.2. The molecule has 0 aromatic heterocycles. The van der Waals surface area contributed by atoms with Crippen molar-refractivity contribution in [1.82, 2.24) is 5.32 Å². The van der Waals surface area contributed by atoms with Crippen molar-refractivity contribution < 1.29 is 4.79 Å². The van der Waals surface area contributed by atoms with Gasteiger partial charge in [-0.15, -0.1) is 0 Å². The quantitative estimate of drug-likeness (QED) is 0.862. The lowest BCUT2D eigenvalue weighted by atomic mass is 9.99. The maximum Gasteiger partial charge on any atom is 0.237 e. The molecular formula is C20H26N2O. The largest absolute Gasteiger partial charge is 0.352 e. The Morgan fingerprint density at radius 1 is 1.09 bits per heavy atom. The number of nitrogens with one attached hydrogen (secondary N) is 1. The third-order valence-corrected chi connectivity index (χ3v) is 4.05. The highest BCUT2D eigenvalue weighted by molar-refractivity contribution is 5.82. The molecule has 3 nitrogen and oxygen atoms in total. The van der Waals surface area contributed by atoms with Gasteiger partial charge in [0.15, 0.2) is 0 Å². The van der Waals surface area contributed by atoms with Gasteiger partial charge in [-0.1, -0.05) is 54.1 Å². The number of amides is 1. The van der Waals surface area contributed by atoms with Gasteiger partial charge in [0.2, 0.25) is 5.91 Å². The lowest BCUT2D eigenvalue weighted by molar-refractivity contribution is -0.122. The molecule has 1 amide bonds. The van der Waals surface area contributed by atoms with Crippen LogP contribution in [0, 0.1) is 13.8 Å². The van der Waals surface area contributed by atoms with Crippen LogP contribution < -0.4 is 11.1 Å². The molecule has 0 spiro atoms. The van der Waals surface area contributed by atoms with Gasteiger partial charge in [0, 0.05) is 6.04 Å². The van der Waals surface area contributed by atoms with Crippen LogP contribution in [0.2, 0.25) is 0 Å². The van der Waals surface area contributed by atoms with Crippen LogP contribution in [0.4, 0.5) is 0 Å². The molecule has 2 rings (SSSR count). The second-order valence-electron chi connectivity index (χ2n) is 6.34. The molecule has 3 N–H and O–H groups in total. The lowest BCUT2D eigenvalue weighted by Gasteiger charge is -2.19. The van der Waals surface area contributed by atoms with Crippen LogP contribution in [-0.2, 0) is 17.6 Å². The number of carbonyl (C=O) groups excluding carboxylic acids is 1. The van der Waals surface area contributed by atoms with Crippen LogP contribution in [0.3, 0.4) is 0 Å². The second kappa shape index (κ2) is 7.93. The minimum Gasteiger partial charge on any atom is -0.352 e. The van der Waals surface area contributed by atoms with Crippen LogP contribution >= 0.6 is 0 Å². The Morgan fingerprint density at radius 2 is 1.78 bits per heavy atom. The van der Waals surface area contributed by atoms with Crippen molar-refractivity contribution in [1.29, 1.82) is 0 Å². The van der Waals surface area contributed by atoms with E-state index in [-0.39, 0.29) is 11.9 Å². The Balaban J connectivity index is 1.88. The molecule has 23 heavy (non-hydrogen) atoms. The van der Waals surface area contributed by atoms with Crippen molar-refractivity contribution in [2.45, 2.75) is 45.7 Å². The first-order chi connectivity index (χ1) is 11.0. The van der Waals surface area contributed by atoms with E-state index in [1.54, 1.807) is 0 Å². The first-order valence-corrected chi connectivity index (χ1v) is 8.11. The van der Waals surface area contributed by atoms with Crippen LogP contribution in [0.1, 0.15) is 29.2 Å². The number of hydrogen-bond acceptors (Lipinski definition) is 2. The zero-order chi connectivity index (χ0) is 16.8. The molecule has 0 bridgehead atoms. The van der Waals surface area contributed by atoms with Crippen LogP contribution in [0.25, 0.3) is 0 Å². The highest BCUT2D eigenvalue weighted by atomic mass is 16.2. The lowest BCUT2D eigenvalue weighted by Crippen LogP contribution is -2.46. The van der Waals surface area contributed by atoms with E-state index in [1.165, 1.54) is 16.7 Å². The minimum absolute atomic E-state index is 0.0609. The molecule has 0 heterocycles. The zero-order valence-electron chi connectivity index (χ0n) is 14.2. The summed E-state index contributed by atoms with van der Waals surface area (Å²) in [5, 5.41) is 3.03. The molecule has 2 aromatic carbocycles. The molecule has 0 saturated heterocycles. The fourth-order valence-electron chi connectivity index (χ4n) is 2.77. The van der Waals surface area contributed by atoms with E-state index in [2.05, 4.69) is 37.4 Å². The van der Waals surface area contributed by atoms with E-state index in [9.17, 15) is 4.79 Å². The first-order valence-electron chi connectivity index (χ1n) is 8.11. The Hall–Kier alpha value is -2.13. The van der Waals surface area contributed by atoms with Gasteiger partial charge in [-0.05, 0) is 50.3 Å². The van der Waals surface area contributed by atoms with E-state index in [0.29, 0.717) is 6.42 Å². The molecule has 0 aliphatic heterocycles. The maximum absolute atomic E-state index is 12.3. The van der Waals surface area contributed by atoms with Crippen LogP contribution in [0.5, 0.6) is 0 Å². The Morgan fingerprint density at radius 3 is 2.43 bits per heavy atom. The normalized spacial score (nSPS) is 13.4. The fourth-order valence-corrected chi connectivity index (χ4v) is 2.77. The number of hydrogen-bond donors (Lipinski definition) is 2. The minimum atomic E-state index is -0.515. The number of rotatable bonds is 6. The molecule has 0 fully saturated rings. The predicted molar refractivity (Wildman–Crippen MR) is 95.3 cm³/mol. The zero-order valence-corrected chi connectivity index (χ0v) is 14.2. The molecule has 0 unspecified atom stereocenters. The number of benzene rings is 2. The fraction of sp³-hybridized carbons (Fsp3) is 0.350. The Kier molecular flexibility index (Phi) is 5.94. The van der Waals surface area contributed by atoms with Crippen LogP contribution in [-0.4, -0.2) is 18.0 Å². The summed E-state index contributed by atoms with van der Waals surface area (Å²) in [4.78, 5) is 12.3. The molecule has 3 heteroatoms. The van der Waals surface area contributed by atoms with Gasteiger partial charge in [-0.2, -0.15) is 0 Å². The molecule has 0 radical (unpaired) electrons. The molecule has 2 aromatic rings. The van der Waals surface area contributed by atoms with Gasteiger partial charge in [0.05, 0.1) is 6.04 Å². The third kappa shape index (κ3) is 5.22. The Bertz CT molecular complexity index is 652. The number of aryl methyl sites for hydroxylation is 2. The van der Waals surface area contributed by atoms with Crippen LogP contribution in [0.15, 0.2) is 48.5 Å². The standard InChI is InChI=1S/C20H26N2O/c1-14-9-10-18(15(2)11-14)12-16(3)22-20(23)19(21)13-17-7-5-4-6-8-17/h4-11,16,19H,12-13,21H2,1-3H3,(H,22,23)/t16-,19-/m1/s1. The summed E-state index contributed by atoms with van der Waals surface area (Å²) in [5.41, 5.74) is 10.9. The van der Waals surface area contributed by atoms with Gasteiger partial charge in [-0.25, -0.2) is 0 Å². The summed E-state index contributed by atoms with van der Waals surface area (Å²) in [5.74, 6) is -0.0916. The van der Waals surface area contributed by atoms with Crippen molar-refractivity contribution in [3.05, 3.63) is 70.8 Å². The molecule has 0 saturated carbocycles. The predicted octanol–water partition coefficient (Wildman–Crippen LogP) is 2.92. The maximum atomic E-state index is 12.3. The summed E-state index contributed by atoms with van der Waals surface area (Å²) < 4.78 is 0. The molecule has 2 atom stereocenters. The monoisotopic (exact) mass is 310 g/mol. The third-order valence-electron chi connectivity index (χ3n) is 4.05. The summed E-state index contributed by atoms with van der Waals surface area (Å²) in [7, 11) is 0. The molecule has 0 aliphatic rings. The van der Waals surface area contributed by atoms with E-state index >= 15 is 0 Å². The van der Waals surface area contributed by atoms with Crippen molar-refractivity contribution >= 4 is 5.91 Å². The molecular weight excluding hydrogens is 284 g/mol. The Labute approximate surface area is 138 Å². The highest BCUT2D eigenvalue weighted by Crippen LogP contribution is 2.12. The molecule has 122 valence electrons. The summed E-state index contributed by atoms with van der Waals surface area (Å²) in [6.07, 6.45) is 1.37. The smallest absolute Gasteiger partial charge is 0.237 e. The van der Waals surface area contributed by atoms with E-state index in [0.717, 1.165) is 12.0 Å². The molecule has 0 aliphatic carbocycles. The topological polar surface area (TPSA) is 55.1 Å². The van der Waals surface area contributed by atoms with Gasteiger partial charge in [0.1, 0.15) is 0 Å². The summed E-state index contributed by atoms with van der Waals surface area (Å²) >= 11 is 0. The number of nitrogens with two attached hydrogens (primary N) is 1.